The van der Waals surface area contributed by atoms with Gasteiger partial charge in [-0.1, -0.05) is 25.3 Å². The lowest BCUT2D eigenvalue weighted by atomic mass is 9.82. The molecule has 0 heterocycles. The van der Waals surface area contributed by atoms with Gasteiger partial charge in [0.1, 0.15) is 0 Å². The second-order valence-corrected chi connectivity index (χ2v) is 5.82. The molecule has 0 aromatic heterocycles. The summed E-state index contributed by atoms with van der Waals surface area (Å²) in [4.78, 5) is 22.0. The molecule has 7 nitrogen and oxygen atoms in total. The number of nitrogens with zero attached hydrogens (tertiary/aromatic N) is 1. The minimum absolute atomic E-state index is 0.0488. The first kappa shape index (κ1) is 16.2. The van der Waals surface area contributed by atoms with Crippen LogP contribution in [0.1, 0.15) is 44.1 Å². The fourth-order valence-electron chi connectivity index (χ4n) is 2.77. The van der Waals surface area contributed by atoms with E-state index in [4.69, 9.17) is 0 Å². The minimum Gasteiger partial charge on any atom is -0.502 e. The summed E-state index contributed by atoms with van der Waals surface area (Å²) in [7, 11) is 0. The molecular weight excluding hydrogens is 288 g/mol. The average molecular weight is 308 g/mol. The monoisotopic (exact) mass is 308 g/mol. The first-order valence-electron chi connectivity index (χ1n) is 7.35. The quantitative estimate of drug-likeness (QED) is 0.569. The standard InChI is InChI=1S/C15H20N2O5/c18-13-5-4-11(8-12(13)17(21)22)10-16-14(19)9-15(20)6-2-1-3-7-15/h4-5,8,18,20H,1-3,6-7,9-10H2,(H,16,19). The molecule has 1 aromatic carbocycles. The van der Waals surface area contributed by atoms with Crippen LogP contribution in [0.15, 0.2) is 18.2 Å². The van der Waals surface area contributed by atoms with E-state index in [0.29, 0.717) is 18.4 Å². The predicted molar refractivity (Wildman–Crippen MR) is 79.3 cm³/mol. The molecule has 0 spiro atoms. The van der Waals surface area contributed by atoms with Crippen LogP contribution in [0.25, 0.3) is 0 Å². The van der Waals surface area contributed by atoms with E-state index >= 15 is 0 Å². The van der Waals surface area contributed by atoms with Gasteiger partial charge in [-0.25, -0.2) is 0 Å². The zero-order valence-corrected chi connectivity index (χ0v) is 12.2. The Kier molecular flexibility index (Phi) is 4.97. The maximum absolute atomic E-state index is 11.9. The van der Waals surface area contributed by atoms with Crippen LogP contribution < -0.4 is 5.32 Å². The molecule has 7 heteroatoms. The smallest absolute Gasteiger partial charge is 0.311 e. The molecule has 1 aliphatic carbocycles. The van der Waals surface area contributed by atoms with E-state index in [0.717, 1.165) is 19.3 Å². The van der Waals surface area contributed by atoms with E-state index in [1.165, 1.54) is 18.2 Å². The Labute approximate surface area is 128 Å². The van der Waals surface area contributed by atoms with Crippen molar-refractivity contribution in [3.05, 3.63) is 33.9 Å². The average Bonchev–Trinajstić information content (AvgIpc) is 2.46. The van der Waals surface area contributed by atoms with E-state index in [9.17, 15) is 25.1 Å². The van der Waals surface area contributed by atoms with Gasteiger partial charge in [0.25, 0.3) is 0 Å². The molecule has 0 atom stereocenters. The number of phenolic OH excluding ortho intramolecular Hbond substituents is 1. The van der Waals surface area contributed by atoms with Gasteiger partial charge in [0.05, 0.1) is 16.9 Å². The number of nitro benzene ring substituents is 1. The maximum atomic E-state index is 11.9. The van der Waals surface area contributed by atoms with Gasteiger partial charge in [-0.05, 0) is 24.5 Å². The Hall–Kier alpha value is -2.15. The molecule has 120 valence electrons. The molecule has 2 rings (SSSR count). The highest BCUT2D eigenvalue weighted by Gasteiger charge is 2.31. The van der Waals surface area contributed by atoms with Crippen molar-refractivity contribution in [2.24, 2.45) is 0 Å². The third-order valence-corrected chi connectivity index (χ3v) is 4.00. The molecule has 0 bridgehead atoms. The molecule has 0 aliphatic heterocycles. The number of aliphatic hydroxyl groups is 1. The SMILES string of the molecule is O=C(CC1(O)CCCCC1)NCc1ccc(O)c([N+](=O)[O-])c1. The molecule has 0 radical (unpaired) electrons. The Balaban J connectivity index is 1.91. The molecule has 1 fully saturated rings. The highest BCUT2D eigenvalue weighted by atomic mass is 16.6. The minimum atomic E-state index is -0.927. The van der Waals surface area contributed by atoms with Crippen LogP contribution in [-0.2, 0) is 11.3 Å². The van der Waals surface area contributed by atoms with Gasteiger partial charge >= 0.3 is 5.69 Å². The van der Waals surface area contributed by atoms with Gasteiger partial charge in [-0.3, -0.25) is 14.9 Å². The number of rotatable bonds is 5. The van der Waals surface area contributed by atoms with Crippen LogP contribution in [-0.4, -0.2) is 26.6 Å². The van der Waals surface area contributed by atoms with Crippen molar-refractivity contribution in [1.29, 1.82) is 0 Å². The molecular formula is C15H20N2O5. The molecule has 0 saturated heterocycles. The summed E-state index contributed by atoms with van der Waals surface area (Å²) in [5.41, 5.74) is -0.797. The van der Waals surface area contributed by atoms with Gasteiger partial charge in [-0.15, -0.1) is 0 Å². The Bertz CT molecular complexity index is 567. The summed E-state index contributed by atoms with van der Waals surface area (Å²) in [6.07, 6.45) is 4.24. The Morgan fingerprint density at radius 3 is 2.64 bits per heavy atom. The zero-order valence-electron chi connectivity index (χ0n) is 12.2. The van der Waals surface area contributed by atoms with Crippen molar-refractivity contribution in [3.8, 4) is 5.75 Å². The lowest BCUT2D eigenvalue weighted by molar-refractivity contribution is -0.385. The highest BCUT2D eigenvalue weighted by Crippen LogP contribution is 2.31. The van der Waals surface area contributed by atoms with Gasteiger partial charge in [-0.2, -0.15) is 0 Å². The first-order chi connectivity index (χ1) is 10.4. The number of carbonyl (C=O) groups is 1. The highest BCUT2D eigenvalue weighted by molar-refractivity contribution is 5.77. The fourth-order valence-corrected chi connectivity index (χ4v) is 2.77. The van der Waals surface area contributed by atoms with Crippen LogP contribution in [0.4, 0.5) is 5.69 Å². The largest absolute Gasteiger partial charge is 0.502 e. The summed E-state index contributed by atoms with van der Waals surface area (Å²) in [6.45, 7) is 0.121. The van der Waals surface area contributed by atoms with Crippen molar-refractivity contribution in [1.82, 2.24) is 5.32 Å². The van der Waals surface area contributed by atoms with Crippen molar-refractivity contribution in [3.63, 3.8) is 0 Å². The number of aromatic hydroxyl groups is 1. The summed E-state index contributed by atoms with van der Waals surface area (Å²) >= 11 is 0. The number of nitro groups is 1. The zero-order chi connectivity index (χ0) is 16.2. The summed E-state index contributed by atoms with van der Waals surface area (Å²) in [5, 5.41) is 33.1. The number of phenols is 1. The lowest BCUT2D eigenvalue weighted by Gasteiger charge is -2.31. The third-order valence-electron chi connectivity index (χ3n) is 4.00. The molecule has 1 aliphatic rings. The van der Waals surface area contributed by atoms with E-state index < -0.39 is 22.0 Å². The third kappa shape index (κ3) is 4.17. The van der Waals surface area contributed by atoms with Gasteiger partial charge in [0.15, 0.2) is 5.75 Å². The number of hydrogen-bond acceptors (Lipinski definition) is 5. The molecule has 1 aromatic rings. The van der Waals surface area contributed by atoms with Crippen molar-refractivity contribution in [2.45, 2.75) is 50.7 Å². The summed E-state index contributed by atoms with van der Waals surface area (Å²) in [5.74, 6) is -0.684. The number of nitrogens with one attached hydrogen (secondary N) is 1. The van der Waals surface area contributed by atoms with Crippen LogP contribution in [0.2, 0.25) is 0 Å². The van der Waals surface area contributed by atoms with Crippen LogP contribution in [0.5, 0.6) is 5.75 Å². The van der Waals surface area contributed by atoms with Crippen molar-refractivity contribution >= 4 is 11.6 Å². The molecule has 3 N–H and O–H groups in total. The van der Waals surface area contributed by atoms with Gasteiger partial charge < -0.3 is 15.5 Å². The number of benzene rings is 1. The molecule has 1 saturated carbocycles. The lowest BCUT2D eigenvalue weighted by Crippen LogP contribution is -2.38. The molecule has 0 unspecified atom stereocenters. The fraction of sp³-hybridized carbons (Fsp3) is 0.533. The molecule has 1 amide bonds. The van der Waals surface area contributed by atoms with Crippen LogP contribution in [0.3, 0.4) is 0 Å². The van der Waals surface area contributed by atoms with E-state index in [-0.39, 0.29) is 18.9 Å². The molecule has 22 heavy (non-hydrogen) atoms. The predicted octanol–water partition coefficient (Wildman–Crippen LogP) is 2.00. The summed E-state index contributed by atoms with van der Waals surface area (Å²) < 4.78 is 0. The number of carbonyl (C=O) groups excluding carboxylic acids is 1. The van der Waals surface area contributed by atoms with E-state index in [2.05, 4.69) is 5.32 Å². The van der Waals surface area contributed by atoms with Gasteiger partial charge in [0, 0.05) is 12.6 Å². The number of hydrogen-bond donors (Lipinski definition) is 3. The normalized spacial score (nSPS) is 17.0. The van der Waals surface area contributed by atoms with Crippen LogP contribution >= 0.6 is 0 Å². The first-order valence-corrected chi connectivity index (χ1v) is 7.35. The topological polar surface area (TPSA) is 113 Å². The Morgan fingerprint density at radius 1 is 1.32 bits per heavy atom. The number of amides is 1. The second-order valence-electron chi connectivity index (χ2n) is 5.82. The van der Waals surface area contributed by atoms with Crippen molar-refractivity contribution in [2.75, 3.05) is 0 Å². The maximum Gasteiger partial charge on any atom is 0.311 e. The Morgan fingerprint density at radius 2 is 2.00 bits per heavy atom. The summed E-state index contributed by atoms with van der Waals surface area (Å²) in [6, 6.07) is 3.97. The van der Waals surface area contributed by atoms with Gasteiger partial charge in [0.2, 0.25) is 5.91 Å². The van der Waals surface area contributed by atoms with E-state index in [1.807, 2.05) is 0 Å². The van der Waals surface area contributed by atoms with Crippen LogP contribution in [0, 0.1) is 10.1 Å². The second kappa shape index (κ2) is 6.74. The van der Waals surface area contributed by atoms with Crippen molar-refractivity contribution < 1.29 is 19.9 Å². The van der Waals surface area contributed by atoms with E-state index in [1.54, 1.807) is 0 Å².